The molecule has 0 heterocycles. The molecule has 0 amide bonds. The van der Waals surface area contributed by atoms with E-state index in [0.29, 0.717) is 0 Å². The highest BCUT2D eigenvalue weighted by atomic mass is 79.9. The molecule has 0 saturated heterocycles. The molecule has 2 aromatic carbocycles. The first-order chi connectivity index (χ1) is 9.02. The Hall–Kier alpha value is -1.16. The van der Waals surface area contributed by atoms with E-state index in [1.807, 2.05) is 0 Å². The van der Waals surface area contributed by atoms with Crippen LogP contribution >= 0.6 is 15.9 Å². The fourth-order valence-electron chi connectivity index (χ4n) is 2.38. The summed E-state index contributed by atoms with van der Waals surface area (Å²) in [5.41, 5.74) is 9.11. The molecule has 0 aliphatic rings. The first kappa shape index (κ1) is 14.3. The van der Waals surface area contributed by atoms with Crippen molar-refractivity contribution >= 4 is 15.9 Å². The van der Waals surface area contributed by atoms with Gasteiger partial charge in [0.2, 0.25) is 0 Å². The lowest BCUT2D eigenvalue weighted by molar-refractivity contribution is 0.632. The number of benzene rings is 2. The van der Waals surface area contributed by atoms with E-state index in [9.17, 15) is 0 Å². The van der Waals surface area contributed by atoms with Gasteiger partial charge in [-0.25, -0.2) is 5.43 Å². The Balaban J connectivity index is 2.53. The molecule has 0 aliphatic carbocycles. The highest BCUT2D eigenvalue weighted by molar-refractivity contribution is 9.10. The van der Waals surface area contributed by atoms with Crippen molar-refractivity contribution in [1.82, 2.24) is 5.43 Å². The summed E-state index contributed by atoms with van der Waals surface area (Å²) in [5, 5.41) is 0. The van der Waals surface area contributed by atoms with Gasteiger partial charge in [0, 0.05) is 4.47 Å². The monoisotopic (exact) mass is 318 g/mol. The fraction of sp³-hybridized carbons (Fsp3) is 0.250. The van der Waals surface area contributed by atoms with Crippen molar-refractivity contribution in [3.63, 3.8) is 0 Å². The second-order valence-electron chi connectivity index (χ2n) is 4.95. The molecule has 2 aromatic rings. The van der Waals surface area contributed by atoms with Gasteiger partial charge in [0.25, 0.3) is 0 Å². The number of hydrazine groups is 1. The molecular formula is C16H19BrN2. The van der Waals surface area contributed by atoms with Crippen molar-refractivity contribution in [1.29, 1.82) is 0 Å². The predicted octanol–water partition coefficient (Wildman–Crippen LogP) is 3.93. The van der Waals surface area contributed by atoms with Gasteiger partial charge >= 0.3 is 0 Å². The number of hydrogen-bond donors (Lipinski definition) is 2. The van der Waals surface area contributed by atoms with Crippen LogP contribution in [0, 0.1) is 20.8 Å². The van der Waals surface area contributed by atoms with Crippen LogP contribution in [-0.2, 0) is 0 Å². The third kappa shape index (κ3) is 3.06. The smallest absolute Gasteiger partial charge is 0.0713 e. The first-order valence-electron chi connectivity index (χ1n) is 6.32. The SMILES string of the molecule is Cc1cc(Br)cc(C(NN)c2cccc(C)c2C)c1. The maximum Gasteiger partial charge on any atom is 0.0713 e. The molecule has 2 rings (SSSR count). The lowest BCUT2D eigenvalue weighted by Crippen LogP contribution is -2.29. The molecule has 0 spiro atoms. The number of rotatable bonds is 3. The fourth-order valence-corrected chi connectivity index (χ4v) is 3.01. The van der Waals surface area contributed by atoms with Crippen LogP contribution in [0.2, 0.25) is 0 Å². The molecule has 0 saturated carbocycles. The molecule has 2 nitrogen and oxygen atoms in total. The summed E-state index contributed by atoms with van der Waals surface area (Å²) < 4.78 is 1.08. The van der Waals surface area contributed by atoms with Crippen molar-refractivity contribution in [3.8, 4) is 0 Å². The summed E-state index contributed by atoms with van der Waals surface area (Å²) >= 11 is 3.55. The zero-order valence-electron chi connectivity index (χ0n) is 11.5. The minimum atomic E-state index is 0.0103. The van der Waals surface area contributed by atoms with E-state index in [4.69, 9.17) is 5.84 Å². The second kappa shape index (κ2) is 5.87. The Morgan fingerprint density at radius 2 is 1.84 bits per heavy atom. The van der Waals surface area contributed by atoms with Crippen LogP contribution in [-0.4, -0.2) is 0 Å². The van der Waals surface area contributed by atoms with Gasteiger partial charge in [-0.3, -0.25) is 5.84 Å². The van der Waals surface area contributed by atoms with Crippen LogP contribution in [0.25, 0.3) is 0 Å². The van der Waals surface area contributed by atoms with Crippen LogP contribution in [0.3, 0.4) is 0 Å². The van der Waals surface area contributed by atoms with E-state index in [1.54, 1.807) is 0 Å². The van der Waals surface area contributed by atoms with Crippen LogP contribution in [0.1, 0.15) is 33.9 Å². The summed E-state index contributed by atoms with van der Waals surface area (Å²) in [6.07, 6.45) is 0. The number of hydrogen-bond acceptors (Lipinski definition) is 2. The molecule has 0 radical (unpaired) electrons. The standard InChI is InChI=1S/C16H19BrN2/c1-10-7-13(9-14(17)8-10)16(19-18)15-6-4-5-11(2)12(15)3/h4-9,16,19H,18H2,1-3H3. The molecule has 3 heteroatoms. The molecule has 3 N–H and O–H groups in total. The Labute approximate surface area is 123 Å². The minimum absolute atomic E-state index is 0.0103. The van der Waals surface area contributed by atoms with Gasteiger partial charge in [0.15, 0.2) is 0 Å². The maximum atomic E-state index is 5.79. The third-order valence-corrected chi connectivity index (χ3v) is 3.98. The molecular weight excluding hydrogens is 300 g/mol. The van der Waals surface area contributed by atoms with Crippen molar-refractivity contribution in [2.45, 2.75) is 26.8 Å². The van der Waals surface area contributed by atoms with E-state index in [0.717, 1.165) is 4.47 Å². The number of halogens is 1. The minimum Gasteiger partial charge on any atom is -0.271 e. The zero-order chi connectivity index (χ0) is 14.0. The van der Waals surface area contributed by atoms with Gasteiger partial charge in [-0.1, -0.05) is 40.2 Å². The van der Waals surface area contributed by atoms with E-state index in [1.165, 1.54) is 27.8 Å². The van der Waals surface area contributed by atoms with Gasteiger partial charge in [-0.15, -0.1) is 0 Å². The lowest BCUT2D eigenvalue weighted by atomic mass is 9.92. The highest BCUT2D eigenvalue weighted by Gasteiger charge is 2.16. The number of aryl methyl sites for hydroxylation is 2. The third-order valence-electron chi connectivity index (χ3n) is 3.52. The molecule has 100 valence electrons. The summed E-state index contributed by atoms with van der Waals surface area (Å²) in [7, 11) is 0. The summed E-state index contributed by atoms with van der Waals surface area (Å²) in [6, 6.07) is 12.7. The molecule has 19 heavy (non-hydrogen) atoms. The molecule has 0 aliphatic heterocycles. The summed E-state index contributed by atoms with van der Waals surface area (Å²) in [6.45, 7) is 6.35. The Kier molecular flexibility index (Phi) is 4.40. The van der Waals surface area contributed by atoms with Crippen molar-refractivity contribution in [2.75, 3.05) is 0 Å². The van der Waals surface area contributed by atoms with Gasteiger partial charge in [-0.2, -0.15) is 0 Å². The van der Waals surface area contributed by atoms with Gasteiger partial charge in [0.05, 0.1) is 6.04 Å². The summed E-state index contributed by atoms with van der Waals surface area (Å²) in [4.78, 5) is 0. The first-order valence-corrected chi connectivity index (χ1v) is 7.11. The van der Waals surface area contributed by atoms with E-state index in [-0.39, 0.29) is 6.04 Å². The molecule has 1 unspecified atom stereocenters. The maximum absolute atomic E-state index is 5.79. The number of nitrogens with two attached hydrogens (primary N) is 1. The lowest BCUT2D eigenvalue weighted by Gasteiger charge is -2.21. The van der Waals surface area contributed by atoms with Gasteiger partial charge < -0.3 is 0 Å². The van der Waals surface area contributed by atoms with Crippen LogP contribution < -0.4 is 11.3 Å². The van der Waals surface area contributed by atoms with Crippen LogP contribution in [0.15, 0.2) is 40.9 Å². The van der Waals surface area contributed by atoms with Crippen molar-refractivity contribution < 1.29 is 0 Å². The predicted molar refractivity (Wildman–Crippen MR) is 84.0 cm³/mol. The Morgan fingerprint density at radius 3 is 2.47 bits per heavy atom. The van der Waals surface area contributed by atoms with E-state index >= 15 is 0 Å². The molecule has 0 aromatic heterocycles. The largest absolute Gasteiger partial charge is 0.271 e. The van der Waals surface area contributed by atoms with Gasteiger partial charge in [0.1, 0.15) is 0 Å². The number of nitrogens with one attached hydrogen (secondary N) is 1. The Morgan fingerprint density at radius 1 is 1.11 bits per heavy atom. The van der Waals surface area contributed by atoms with Crippen LogP contribution in [0.4, 0.5) is 0 Å². The second-order valence-corrected chi connectivity index (χ2v) is 5.87. The normalized spacial score (nSPS) is 12.5. The van der Waals surface area contributed by atoms with E-state index < -0.39 is 0 Å². The highest BCUT2D eigenvalue weighted by Crippen LogP contribution is 2.28. The molecule has 0 fully saturated rings. The van der Waals surface area contributed by atoms with Crippen LogP contribution in [0.5, 0.6) is 0 Å². The summed E-state index contributed by atoms with van der Waals surface area (Å²) in [5.74, 6) is 5.79. The van der Waals surface area contributed by atoms with Crippen molar-refractivity contribution in [2.24, 2.45) is 5.84 Å². The topological polar surface area (TPSA) is 38.0 Å². The van der Waals surface area contributed by atoms with Crippen molar-refractivity contribution in [3.05, 3.63) is 68.7 Å². The van der Waals surface area contributed by atoms with E-state index in [2.05, 4.69) is 78.5 Å². The Bertz CT molecular complexity index is 573. The molecule has 0 bridgehead atoms. The molecule has 1 atom stereocenters. The average Bonchev–Trinajstić information content (AvgIpc) is 2.34. The average molecular weight is 319 g/mol. The zero-order valence-corrected chi connectivity index (χ0v) is 13.1. The quantitative estimate of drug-likeness (QED) is 0.664. The van der Waals surface area contributed by atoms with Gasteiger partial charge in [-0.05, 0) is 60.7 Å².